The molecule has 0 radical (unpaired) electrons. The van der Waals surface area contributed by atoms with Gasteiger partial charge >= 0.3 is 6.03 Å². The summed E-state index contributed by atoms with van der Waals surface area (Å²) in [4.78, 5) is 28.5. The predicted octanol–water partition coefficient (Wildman–Crippen LogP) is 4.25. The topological polar surface area (TPSA) is 126 Å². The van der Waals surface area contributed by atoms with Gasteiger partial charge in [-0.25, -0.2) is 4.79 Å². The van der Waals surface area contributed by atoms with Crippen LogP contribution in [0.15, 0.2) is 48.7 Å². The molecule has 2 aromatic carbocycles. The van der Waals surface area contributed by atoms with Gasteiger partial charge in [-0.3, -0.25) is 20.6 Å². The minimum absolute atomic E-state index is 0.243. The third kappa shape index (κ3) is 7.00. The number of anilines is 2. The molecule has 0 aliphatic heterocycles. The summed E-state index contributed by atoms with van der Waals surface area (Å²) in [5.41, 5.74) is 8.43. The van der Waals surface area contributed by atoms with Crippen LogP contribution in [0.1, 0.15) is 21.6 Å². The highest BCUT2D eigenvalue weighted by molar-refractivity contribution is 6.31. The van der Waals surface area contributed by atoms with Crippen molar-refractivity contribution in [1.29, 1.82) is 0 Å². The summed E-state index contributed by atoms with van der Waals surface area (Å²) in [5, 5.41) is 8.85. The summed E-state index contributed by atoms with van der Waals surface area (Å²) in [5.74, 6) is 1.16. The maximum absolute atomic E-state index is 12.6. The van der Waals surface area contributed by atoms with Gasteiger partial charge in [0.2, 0.25) is 0 Å². The fraction of sp³-hybridized carbons (Fsp3) is 0.240. The van der Waals surface area contributed by atoms with E-state index in [1.54, 1.807) is 42.5 Å². The highest BCUT2D eigenvalue weighted by Gasteiger charge is 2.13. The van der Waals surface area contributed by atoms with Gasteiger partial charge in [0.15, 0.2) is 0 Å². The molecule has 0 aliphatic rings. The zero-order valence-corrected chi connectivity index (χ0v) is 21.2. The summed E-state index contributed by atoms with van der Waals surface area (Å²) in [7, 11) is 3.36. The lowest BCUT2D eigenvalue weighted by molar-refractivity contribution is 0.0958. The average Bonchev–Trinajstić information content (AvgIpc) is 2.87. The van der Waals surface area contributed by atoms with Crippen molar-refractivity contribution in [2.45, 2.75) is 13.8 Å². The van der Waals surface area contributed by atoms with Crippen LogP contribution >= 0.6 is 11.6 Å². The van der Waals surface area contributed by atoms with Crippen molar-refractivity contribution < 1.29 is 19.1 Å². The maximum atomic E-state index is 12.6. The predicted molar refractivity (Wildman–Crippen MR) is 140 cm³/mol. The van der Waals surface area contributed by atoms with Crippen molar-refractivity contribution in [2.75, 3.05) is 38.0 Å². The molecule has 3 amide bonds. The van der Waals surface area contributed by atoms with Gasteiger partial charge in [0.25, 0.3) is 5.91 Å². The van der Waals surface area contributed by atoms with E-state index in [1.165, 1.54) is 13.2 Å². The number of benzene rings is 2. The van der Waals surface area contributed by atoms with E-state index >= 15 is 0 Å². The van der Waals surface area contributed by atoms with Gasteiger partial charge in [-0.1, -0.05) is 17.7 Å². The molecule has 1 aromatic heterocycles. The zero-order valence-electron chi connectivity index (χ0n) is 20.5. The van der Waals surface area contributed by atoms with E-state index < -0.39 is 6.03 Å². The number of urea groups is 1. The molecule has 0 fully saturated rings. The highest BCUT2D eigenvalue weighted by atomic mass is 35.5. The standard InChI is InChI=1S/C25H29ClN6O4/c1-15-12-20(23(14-18(15)26)35-11-10-27-3)30-25(34)32-31-19-6-5-7-22(16(19)2)36-17-8-9-29-21(13-17)24(33)28-4/h5-9,12-14,27,31H,10-11H2,1-4H3,(H,28,33)(H2,30,32,34). The molecule has 5 N–H and O–H groups in total. The Labute approximate surface area is 214 Å². The summed E-state index contributed by atoms with van der Waals surface area (Å²) in [6.45, 7) is 4.74. The Morgan fingerprint density at radius 1 is 1.03 bits per heavy atom. The van der Waals surface area contributed by atoms with Crippen LogP contribution in [0.3, 0.4) is 0 Å². The first-order chi connectivity index (χ1) is 17.3. The number of hydrazine groups is 1. The number of ether oxygens (including phenoxy) is 2. The number of hydrogen-bond acceptors (Lipinski definition) is 7. The minimum atomic E-state index is -0.495. The van der Waals surface area contributed by atoms with Gasteiger partial charge in [-0.2, -0.15) is 0 Å². The van der Waals surface area contributed by atoms with E-state index in [-0.39, 0.29) is 11.6 Å². The van der Waals surface area contributed by atoms with E-state index in [2.05, 4.69) is 31.8 Å². The normalized spacial score (nSPS) is 10.4. The molecular formula is C25H29ClN6O4. The number of carbonyl (C=O) groups excluding carboxylic acids is 2. The molecule has 3 aromatic rings. The van der Waals surface area contributed by atoms with Crippen molar-refractivity contribution in [1.82, 2.24) is 21.0 Å². The number of likely N-dealkylation sites (N-methyl/N-ethyl adjacent to an activating group) is 1. The third-order valence-electron chi connectivity index (χ3n) is 5.13. The second-order valence-corrected chi connectivity index (χ2v) is 8.15. The van der Waals surface area contributed by atoms with Crippen molar-refractivity contribution >= 4 is 34.9 Å². The summed E-state index contributed by atoms with van der Waals surface area (Å²) < 4.78 is 11.7. The lowest BCUT2D eigenvalue weighted by atomic mass is 10.2. The number of pyridine rings is 1. The van der Waals surface area contributed by atoms with E-state index in [0.29, 0.717) is 46.8 Å². The first-order valence-corrected chi connectivity index (χ1v) is 11.6. The zero-order chi connectivity index (χ0) is 26.1. The van der Waals surface area contributed by atoms with Gasteiger partial charge in [-0.15, -0.1) is 0 Å². The Kier molecular flexibility index (Phi) is 9.32. The largest absolute Gasteiger partial charge is 0.490 e. The Hall–Kier alpha value is -4.02. The van der Waals surface area contributed by atoms with Crippen LogP contribution in [-0.2, 0) is 0 Å². The van der Waals surface area contributed by atoms with Gasteiger partial charge in [0, 0.05) is 42.5 Å². The molecule has 0 spiro atoms. The highest BCUT2D eigenvalue weighted by Crippen LogP contribution is 2.32. The van der Waals surface area contributed by atoms with Gasteiger partial charge in [0.1, 0.15) is 29.5 Å². The number of aryl methyl sites for hydroxylation is 1. The molecule has 36 heavy (non-hydrogen) atoms. The average molecular weight is 513 g/mol. The Morgan fingerprint density at radius 2 is 1.83 bits per heavy atom. The minimum Gasteiger partial charge on any atom is -0.490 e. The van der Waals surface area contributed by atoms with Crippen LogP contribution in [0, 0.1) is 13.8 Å². The van der Waals surface area contributed by atoms with E-state index in [0.717, 1.165) is 11.1 Å². The maximum Gasteiger partial charge on any atom is 0.337 e. The smallest absolute Gasteiger partial charge is 0.337 e. The van der Waals surface area contributed by atoms with Gasteiger partial charge in [0.05, 0.1) is 11.4 Å². The monoisotopic (exact) mass is 512 g/mol. The molecule has 11 heteroatoms. The van der Waals surface area contributed by atoms with E-state index in [1.807, 2.05) is 20.9 Å². The Balaban J connectivity index is 1.67. The number of nitrogens with one attached hydrogen (secondary N) is 5. The molecule has 0 aliphatic carbocycles. The van der Waals surface area contributed by atoms with Gasteiger partial charge < -0.3 is 25.4 Å². The van der Waals surface area contributed by atoms with Crippen LogP contribution in [0.5, 0.6) is 17.2 Å². The van der Waals surface area contributed by atoms with Crippen LogP contribution in [-0.4, -0.2) is 44.2 Å². The van der Waals surface area contributed by atoms with Crippen molar-refractivity contribution in [3.63, 3.8) is 0 Å². The molecule has 0 saturated heterocycles. The molecule has 0 bridgehead atoms. The quantitative estimate of drug-likeness (QED) is 0.203. The number of rotatable bonds is 10. The number of amides is 3. The Morgan fingerprint density at radius 3 is 2.58 bits per heavy atom. The molecule has 0 atom stereocenters. The van der Waals surface area contributed by atoms with Crippen LogP contribution in [0.25, 0.3) is 0 Å². The molecular weight excluding hydrogens is 484 g/mol. The number of halogens is 1. The van der Waals surface area contributed by atoms with E-state index in [9.17, 15) is 9.59 Å². The third-order valence-corrected chi connectivity index (χ3v) is 5.54. The second kappa shape index (κ2) is 12.6. The fourth-order valence-corrected chi connectivity index (χ4v) is 3.29. The lowest BCUT2D eigenvalue weighted by Crippen LogP contribution is -2.34. The number of carbonyl (C=O) groups is 2. The van der Waals surface area contributed by atoms with Gasteiger partial charge in [-0.05, 0) is 50.7 Å². The first kappa shape index (κ1) is 26.6. The fourth-order valence-electron chi connectivity index (χ4n) is 3.14. The van der Waals surface area contributed by atoms with E-state index in [4.69, 9.17) is 21.1 Å². The molecule has 1 heterocycles. The first-order valence-electron chi connectivity index (χ1n) is 11.2. The molecule has 0 saturated carbocycles. The molecule has 10 nitrogen and oxygen atoms in total. The summed E-state index contributed by atoms with van der Waals surface area (Å²) >= 11 is 6.23. The number of hydrogen-bond donors (Lipinski definition) is 5. The second-order valence-electron chi connectivity index (χ2n) is 7.74. The van der Waals surface area contributed by atoms with Crippen LogP contribution < -0.4 is 36.3 Å². The van der Waals surface area contributed by atoms with Crippen molar-refractivity contribution in [2.24, 2.45) is 0 Å². The summed E-state index contributed by atoms with van der Waals surface area (Å²) in [6, 6.07) is 11.5. The van der Waals surface area contributed by atoms with Crippen LogP contribution in [0.2, 0.25) is 5.02 Å². The van der Waals surface area contributed by atoms with Crippen molar-refractivity contribution in [3.8, 4) is 17.2 Å². The molecule has 3 rings (SSSR count). The SMILES string of the molecule is CNCCOc1cc(Cl)c(C)cc1NC(=O)NNc1cccc(Oc2ccnc(C(=O)NC)c2)c1C. The number of aromatic nitrogens is 1. The molecule has 0 unspecified atom stereocenters. The lowest BCUT2D eigenvalue weighted by Gasteiger charge is -2.17. The van der Waals surface area contributed by atoms with Crippen LogP contribution in [0.4, 0.5) is 16.2 Å². The van der Waals surface area contributed by atoms with Crippen molar-refractivity contribution in [3.05, 3.63) is 70.5 Å². The number of nitrogens with zero attached hydrogens (tertiary/aromatic N) is 1. The Bertz CT molecular complexity index is 1240. The summed E-state index contributed by atoms with van der Waals surface area (Å²) in [6.07, 6.45) is 1.50. The molecule has 190 valence electrons.